The van der Waals surface area contributed by atoms with Gasteiger partial charge < -0.3 is 9.64 Å². The molecule has 0 bridgehead atoms. The van der Waals surface area contributed by atoms with Gasteiger partial charge in [-0.15, -0.1) is 11.6 Å². The van der Waals surface area contributed by atoms with Gasteiger partial charge in [0.25, 0.3) is 0 Å². The minimum atomic E-state index is -0.0691. The summed E-state index contributed by atoms with van der Waals surface area (Å²) in [5.41, 5.74) is 2.09. The number of nitrogens with zero attached hydrogens (tertiary/aromatic N) is 3. The summed E-state index contributed by atoms with van der Waals surface area (Å²) < 4.78 is 7.39. The van der Waals surface area contributed by atoms with Gasteiger partial charge in [-0.3, -0.25) is 9.48 Å². The SMILES string of the molecule is COC(C)CN(Cc1cn(C2CCCCC2)nc1C)C(=O)CCl. The zero-order valence-electron chi connectivity index (χ0n) is 14.4. The first-order chi connectivity index (χ1) is 11.0. The second-order valence-corrected chi connectivity index (χ2v) is 6.73. The van der Waals surface area contributed by atoms with Crippen LogP contribution < -0.4 is 0 Å². The maximum Gasteiger partial charge on any atom is 0.237 e. The lowest BCUT2D eigenvalue weighted by Gasteiger charge is -2.24. The summed E-state index contributed by atoms with van der Waals surface area (Å²) in [4.78, 5) is 13.9. The van der Waals surface area contributed by atoms with E-state index in [1.165, 1.54) is 32.1 Å². The molecule has 0 N–H and O–H groups in total. The number of hydrogen-bond acceptors (Lipinski definition) is 3. The Kier molecular flexibility index (Phi) is 6.90. The van der Waals surface area contributed by atoms with Crippen LogP contribution in [0.2, 0.25) is 0 Å². The summed E-state index contributed by atoms with van der Waals surface area (Å²) in [7, 11) is 1.65. The zero-order valence-corrected chi connectivity index (χ0v) is 15.2. The molecule has 130 valence electrons. The van der Waals surface area contributed by atoms with Crippen molar-refractivity contribution < 1.29 is 9.53 Å². The minimum absolute atomic E-state index is 0.00769. The highest BCUT2D eigenvalue weighted by atomic mass is 35.5. The van der Waals surface area contributed by atoms with Crippen molar-refractivity contribution in [3.63, 3.8) is 0 Å². The zero-order chi connectivity index (χ0) is 16.8. The van der Waals surface area contributed by atoms with Crippen molar-refractivity contribution >= 4 is 17.5 Å². The molecule has 1 amide bonds. The Hall–Kier alpha value is -1.07. The molecule has 1 aromatic heterocycles. The fraction of sp³-hybridized carbons (Fsp3) is 0.765. The Morgan fingerprint density at radius 3 is 2.78 bits per heavy atom. The van der Waals surface area contributed by atoms with E-state index in [1.807, 2.05) is 13.8 Å². The molecule has 0 aromatic carbocycles. The van der Waals surface area contributed by atoms with Crippen LogP contribution in [0.4, 0.5) is 0 Å². The second kappa shape index (κ2) is 8.69. The molecular weight excluding hydrogens is 314 g/mol. The summed E-state index contributed by atoms with van der Waals surface area (Å²) in [5, 5.41) is 4.69. The molecule has 0 spiro atoms. The van der Waals surface area contributed by atoms with Crippen LogP contribution in [-0.2, 0) is 16.1 Å². The van der Waals surface area contributed by atoms with Crippen molar-refractivity contribution in [3.8, 4) is 0 Å². The first kappa shape index (κ1) is 18.3. The Labute approximate surface area is 143 Å². The highest BCUT2D eigenvalue weighted by Crippen LogP contribution is 2.28. The smallest absolute Gasteiger partial charge is 0.237 e. The summed E-state index contributed by atoms with van der Waals surface area (Å²) in [5.74, 6) is -0.0768. The predicted molar refractivity (Wildman–Crippen MR) is 91.7 cm³/mol. The standard InChI is InChI=1S/C17H28ClN3O2/c1-13(23-3)10-20(17(22)9-18)11-15-12-21(19-14(15)2)16-7-5-4-6-8-16/h12-13,16H,4-11H2,1-3H3. The number of rotatable bonds is 7. The second-order valence-electron chi connectivity index (χ2n) is 6.47. The number of ether oxygens (including phenoxy) is 1. The van der Waals surface area contributed by atoms with Crippen molar-refractivity contribution in [2.45, 2.75) is 64.6 Å². The van der Waals surface area contributed by atoms with Crippen LogP contribution in [0.5, 0.6) is 0 Å². The number of hydrogen-bond donors (Lipinski definition) is 0. The number of aryl methyl sites for hydroxylation is 1. The average Bonchev–Trinajstić information content (AvgIpc) is 2.95. The largest absolute Gasteiger partial charge is 0.380 e. The van der Waals surface area contributed by atoms with E-state index in [9.17, 15) is 4.79 Å². The van der Waals surface area contributed by atoms with Crippen LogP contribution in [0.15, 0.2) is 6.20 Å². The van der Waals surface area contributed by atoms with E-state index < -0.39 is 0 Å². The first-order valence-electron chi connectivity index (χ1n) is 8.46. The molecule has 1 aromatic rings. The summed E-state index contributed by atoms with van der Waals surface area (Å²) in [6, 6.07) is 0.506. The molecule has 1 aliphatic carbocycles. The lowest BCUT2D eigenvalue weighted by Crippen LogP contribution is -2.37. The maximum atomic E-state index is 12.1. The number of amides is 1. The molecule has 1 saturated carbocycles. The van der Waals surface area contributed by atoms with Gasteiger partial charge in [0, 0.05) is 32.0 Å². The fourth-order valence-corrected chi connectivity index (χ4v) is 3.31. The number of alkyl halides is 1. The van der Waals surface area contributed by atoms with Crippen LogP contribution in [0.1, 0.15) is 56.3 Å². The molecule has 23 heavy (non-hydrogen) atoms. The molecular formula is C17H28ClN3O2. The van der Waals surface area contributed by atoms with E-state index >= 15 is 0 Å². The molecule has 1 fully saturated rings. The minimum Gasteiger partial charge on any atom is -0.380 e. The molecule has 1 unspecified atom stereocenters. The number of aromatic nitrogens is 2. The molecule has 6 heteroatoms. The van der Waals surface area contributed by atoms with E-state index in [2.05, 4.69) is 16.0 Å². The number of methoxy groups -OCH3 is 1. The summed E-state index contributed by atoms with van der Waals surface area (Å²) >= 11 is 5.75. The van der Waals surface area contributed by atoms with Gasteiger partial charge in [0.15, 0.2) is 0 Å². The predicted octanol–water partition coefficient (Wildman–Crippen LogP) is 3.30. The van der Waals surface area contributed by atoms with Gasteiger partial charge in [-0.1, -0.05) is 19.3 Å². The maximum absolute atomic E-state index is 12.1. The lowest BCUT2D eigenvalue weighted by molar-refractivity contribution is -0.130. The average molecular weight is 342 g/mol. The van der Waals surface area contributed by atoms with Gasteiger partial charge in [0.1, 0.15) is 5.88 Å². The van der Waals surface area contributed by atoms with Crippen molar-refractivity contribution in [1.82, 2.24) is 14.7 Å². The normalized spacial score (nSPS) is 17.2. The van der Waals surface area contributed by atoms with Crippen LogP contribution in [-0.4, -0.2) is 46.2 Å². The Morgan fingerprint density at radius 2 is 2.17 bits per heavy atom. The Bertz CT molecular complexity index is 512. The van der Waals surface area contributed by atoms with Gasteiger partial charge >= 0.3 is 0 Å². The van der Waals surface area contributed by atoms with E-state index in [1.54, 1.807) is 12.0 Å². The summed E-state index contributed by atoms with van der Waals surface area (Å²) in [6.07, 6.45) is 8.38. The monoisotopic (exact) mass is 341 g/mol. The number of carbonyl (C=O) groups excluding carboxylic acids is 1. The van der Waals surface area contributed by atoms with E-state index in [0.29, 0.717) is 19.1 Å². The molecule has 0 aliphatic heterocycles. The third-order valence-electron chi connectivity index (χ3n) is 4.68. The highest BCUT2D eigenvalue weighted by Gasteiger charge is 2.21. The third kappa shape index (κ3) is 4.95. The molecule has 5 nitrogen and oxygen atoms in total. The lowest BCUT2D eigenvalue weighted by atomic mass is 9.96. The number of carbonyl (C=O) groups is 1. The number of halogens is 1. The molecule has 0 radical (unpaired) electrons. The highest BCUT2D eigenvalue weighted by molar-refractivity contribution is 6.27. The molecule has 1 heterocycles. The van der Waals surface area contributed by atoms with Crippen molar-refractivity contribution in [2.24, 2.45) is 0 Å². The molecule has 1 aliphatic rings. The van der Waals surface area contributed by atoms with Gasteiger partial charge in [-0.2, -0.15) is 5.10 Å². The molecule has 1 atom stereocenters. The first-order valence-corrected chi connectivity index (χ1v) is 8.99. The van der Waals surface area contributed by atoms with Crippen molar-refractivity contribution in [3.05, 3.63) is 17.5 Å². The van der Waals surface area contributed by atoms with Gasteiger partial charge in [0.05, 0.1) is 17.8 Å². The van der Waals surface area contributed by atoms with Crippen LogP contribution in [0.25, 0.3) is 0 Å². The summed E-state index contributed by atoms with van der Waals surface area (Å²) in [6.45, 7) is 5.04. The van der Waals surface area contributed by atoms with Gasteiger partial charge in [-0.25, -0.2) is 0 Å². The van der Waals surface area contributed by atoms with E-state index in [4.69, 9.17) is 16.3 Å². The van der Waals surface area contributed by atoms with E-state index in [-0.39, 0.29) is 17.9 Å². The molecule has 2 rings (SSSR count). The van der Waals surface area contributed by atoms with Gasteiger partial charge in [0.2, 0.25) is 5.91 Å². The van der Waals surface area contributed by atoms with Crippen molar-refractivity contribution in [2.75, 3.05) is 19.5 Å². The third-order valence-corrected chi connectivity index (χ3v) is 4.90. The quantitative estimate of drug-likeness (QED) is 0.715. The van der Waals surface area contributed by atoms with Crippen molar-refractivity contribution in [1.29, 1.82) is 0 Å². The Morgan fingerprint density at radius 1 is 1.48 bits per heavy atom. The fourth-order valence-electron chi connectivity index (χ4n) is 3.14. The van der Waals surface area contributed by atoms with E-state index in [0.717, 1.165) is 11.3 Å². The van der Waals surface area contributed by atoms with Crippen LogP contribution in [0.3, 0.4) is 0 Å². The van der Waals surface area contributed by atoms with Gasteiger partial charge in [-0.05, 0) is 26.7 Å². The molecule has 0 saturated heterocycles. The van der Waals surface area contributed by atoms with Crippen LogP contribution in [0, 0.1) is 6.92 Å². The topological polar surface area (TPSA) is 47.4 Å². The Balaban J connectivity index is 2.09. The van der Waals surface area contributed by atoms with Crippen LogP contribution >= 0.6 is 11.6 Å².